The van der Waals surface area contributed by atoms with Crippen LogP contribution >= 0.6 is 11.6 Å². The average Bonchev–Trinajstić information content (AvgIpc) is 3.49. The Bertz CT molecular complexity index is 1230. The zero-order valence-electron chi connectivity index (χ0n) is 16.3. The summed E-state index contributed by atoms with van der Waals surface area (Å²) in [4.78, 5) is 24.1. The maximum absolute atomic E-state index is 14.0. The van der Waals surface area contributed by atoms with Crippen LogP contribution < -0.4 is 0 Å². The van der Waals surface area contributed by atoms with Crippen molar-refractivity contribution >= 4 is 23.1 Å². The van der Waals surface area contributed by atoms with E-state index in [4.69, 9.17) is 16.4 Å². The zero-order chi connectivity index (χ0) is 21.3. The summed E-state index contributed by atoms with van der Waals surface area (Å²) in [6, 6.07) is 26.0. The summed E-state index contributed by atoms with van der Waals surface area (Å²) in [5, 5.41) is 9.31. The summed E-state index contributed by atoms with van der Waals surface area (Å²) in [6.45, 7) is 0. The lowest BCUT2D eigenvalue weighted by atomic mass is 9.78. The predicted molar refractivity (Wildman–Crippen MR) is 117 cm³/mol. The van der Waals surface area contributed by atoms with Crippen LogP contribution in [0.3, 0.4) is 0 Å². The molecule has 0 bridgehead atoms. The molecule has 2 atom stereocenters. The number of aromatic nitrogens is 3. The number of benzene rings is 3. The van der Waals surface area contributed by atoms with Gasteiger partial charge in [0.25, 0.3) is 0 Å². The van der Waals surface area contributed by atoms with Gasteiger partial charge in [-0.25, -0.2) is 9.67 Å². The van der Waals surface area contributed by atoms with Gasteiger partial charge in [0.2, 0.25) is 5.78 Å². The van der Waals surface area contributed by atoms with E-state index in [1.165, 1.54) is 17.3 Å². The molecule has 7 heteroatoms. The highest BCUT2D eigenvalue weighted by Gasteiger charge is 2.58. The zero-order valence-corrected chi connectivity index (χ0v) is 17.1. The lowest BCUT2D eigenvalue weighted by Crippen LogP contribution is -2.48. The van der Waals surface area contributed by atoms with Crippen LogP contribution in [0.5, 0.6) is 0 Å². The van der Waals surface area contributed by atoms with Gasteiger partial charge in [-0.05, 0) is 17.7 Å². The van der Waals surface area contributed by atoms with Crippen LogP contribution in [-0.4, -0.2) is 26.3 Å². The van der Waals surface area contributed by atoms with Crippen LogP contribution in [0.15, 0.2) is 103 Å². The van der Waals surface area contributed by atoms with Gasteiger partial charge < -0.3 is 4.84 Å². The van der Waals surface area contributed by atoms with Crippen LogP contribution in [0.25, 0.3) is 0 Å². The Labute approximate surface area is 183 Å². The minimum Gasteiger partial charge on any atom is -0.355 e. The van der Waals surface area contributed by atoms with Crippen LogP contribution in [0.2, 0.25) is 5.02 Å². The first-order chi connectivity index (χ1) is 15.2. The van der Waals surface area contributed by atoms with E-state index >= 15 is 0 Å². The second kappa shape index (κ2) is 7.81. The summed E-state index contributed by atoms with van der Waals surface area (Å²) >= 11 is 6.14. The van der Waals surface area contributed by atoms with Gasteiger partial charge in [0.05, 0.1) is 0 Å². The quantitative estimate of drug-likeness (QED) is 0.432. The highest BCUT2D eigenvalue weighted by molar-refractivity contribution is 6.30. The molecule has 31 heavy (non-hydrogen) atoms. The summed E-state index contributed by atoms with van der Waals surface area (Å²) < 4.78 is 1.45. The van der Waals surface area contributed by atoms with Gasteiger partial charge in [0.15, 0.2) is 0 Å². The molecular weight excluding hydrogens is 412 g/mol. The van der Waals surface area contributed by atoms with Crippen molar-refractivity contribution in [3.05, 3.63) is 119 Å². The summed E-state index contributed by atoms with van der Waals surface area (Å²) in [6.07, 6.45) is 2.86. The first-order valence-electron chi connectivity index (χ1n) is 9.72. The van der Waals surface area contributed by atoms with E-state index in [1.54, 1.807) is 24.3 Å². The smallest absolute Gasteiger partial charge is 0.305 e. The molecule has 0 spiro atoms. The molecule has 0 saturated heterocycles. The number of nitrogens with zero attached hydrogens (tertiary/aromatic N) is 4. The van der Waals surface area contributed by atoms with Crippen molar-refractivity contribution in [3.8, 4) is 0 Å². The molecule has 0 amide bonds. The number of carbonyl (C=O) groups excluding carboxylic acids is 1. The molecule has 1 aromatic heterocycles. The number of hydrogen-bond acceptors (Lipinski definition) is 5. The summed E-state index contributed by atoms with van der Waals surface area (Å²) in [5.74, 6) is -0.852. The third-order valence-corrected chi connectivity index (χ3v) is 5.59. The monoisotopic (exact) mass is 428 g/mol. The number of halogens is 1. The van der Waals surface area contributed by atoms with Gasteiger partial charge in [-0.3, -0.25) is 4.79 Å². The average molecular weight is 429 g/mol. The fourth-order valence-electron chi connectivity index (χ4n) is 3.90. The molecule has 5 rings (SSSR count). The largest absolute Gasteiger partial charge is 0.355 e. The van der Waals surface area contributed by atoms with Crippen molar-refractivity contribution in [1.29, 1.82) is 0 Å². The van der Waals surface area contributed by atoms with Crippen molar-refractivity contribution < 1.29 is 9.63 Å². The Hall–Kier alpha value is -3.77. The number of hydrogen-bond donors (Lipinski definition) is 0. The van der Waals surface area contributed by atoms with Crippen LogP contribution in [0.1, 0.15) is 27.4 Å². The van der Waals surface area contributed by atoms with Crippen LogP contribution in [-0.2, 0) is 10.6 Å². The summed E-state index contributed by atoms with van der Waals surface area (Å²) in [5.41, 5.74) is 1.22. The fourth-order valence-corrected chi connectivity index (χ4v) is 4.03. The lowest BCUT2D eigenvalue weighted by Gasteiger charge is -2.32. The molecule has 6 nitrogen and oxygen atoms in total. The third kappa shape index (κ3) is 3.21. The van der Waals surface area contributed by atoms with Crippen molar-refractivity contribution in [2.45, 2.75) is 11.6 Å². The Morgan fingerprint density at radius 2 is 1.61 bits per heavy atom. The minimum atomic E-state index is -1.57. The third-order valence-electron chi connectivity index (χ3n) is 5.34. The highest BCUT2D eigenvalue weighted by atomic mass is 35.5. The van der Waals surface area contributed by atoms with Crippen molar-refractivity contribution in [2.75, 3.05) is 0 Å². The minimum absolute atomic E-state index is 0.270. The molecule has 2 heterocycles. The Balaban J connectivity index is 1.75. The van der Waals surface area contributed by atoms with E-state index in [2.05, 4.69) is 15.2 Å². The van der Waals surface area contributed by atoms with E-state index in [-0.39, 0.29) is 5.78 Å². The summed E-state index contributed by atoms with van der Waals surface area (Å²) in [7, 11) is 0. The molecule has 4 aromatic rings. The molecule has 3 aromatic carbocycles. The van der Waals surface area contributed by atoms with Gasteiger partial charge in [-0.15, -0.1) is 0 Å². The molecule has 2 unspecified atom stereocenters. The fraction of sp³-hybridized carbons (Fsp3) is 0.0833. The molecule has 0 N–H and O–H groups in total. The second-order valence-electron chi connectivity index (χ2n) is 7.15. The number of Topliss-reactive ketones (excluding diaryl/α,β-unsaturated/α-hetero) is 1. The van der Waals surface area contributed by atoms with E-state index in [0.29, 0.717) is 16.3 Å². The molecule has 1 aliphatic rings. The Kier molecular flexibility index (Phi) is 4.84. The normalized spacial score (nSPS) is 20.2. The number of carbonyl (C=O) groups is 1. The van der Waals surface area contributed by atoms with E-state index in [0.717, 1.165) is 11.1 Å². The topological polar surface area (TPSA) is 69.4 Å². The molecule has 0 radical (unpaired) electrons. The van der Waals surface area contributed by atoms with Gasteiger partial charge in [0, 0.05) is 16.1 Å². The van der Waals surface area contributed by atoms with Crippen LogP contribution in [0.4, 0.5) is 0 Å². The Morgan fingerprint density at radius 3 is 2.26 bits per heavy atom. The van der Waals surface area contributed by atoms with Gasteiger partial charge >= 0.3 is 5.72 Å². The molecule has 0 fully saturated rings. The Morgan fingerprint density at radius 1 is 0.935 bits per heavy atom. The molecule has 0 saturated carbocycles. The highest BCUT2D eigenvalue weighted by Crippen LogP contribution is 2.45. The lowest BCUT2D eigenvalue weighted by molar-refractivity contribution is -0.0711. The number of ketones is 1. The van der Waals surface area contributed by atoms with Gasteiger partial charge in [-0.1, -0.05) is 89.6 Å². The van der Waals surface area contributed by atoms with E-state index < -0.39 is 11.6 Å². The van der Waals surface area contributed by atoms with Crippen molar-refractivity contribution in [3.63, 3.8) is 0 Å². The van der Waals surface area contributed by atoms with Crippen molar-refractivity contribution in [2.24, 2.45) is 5.16 Å². The molecule has 1 aliphatic heterocycles. The predicted octanol–water partition coefficient (Wildman–Crippen LogP) is 4.69. The van der Waals surface area contributed by atoms with Gasteiger partial charge in [0.1, 0.15) is 24.3 Å². The SMILES string of the molecule is O=C(c1ccccc1)C1(n2cncn2)ON=C(c2ccccc2)C1c1ccc(Cl)cc1. The van der Waals surface area contributed by atoms with Crippen molar-refractivity contribution in [1.82, 2.24) is 14.8 Å². The number of oxime groups is 1. The van der Waals surface area contributed by atoms with Crippen LogP contribution in [0, 0.1) is 0 Å². The molecule has 0 aliphatic carbocycles. The van der Waals surface area contributed by atoms with E-state index in [9.17, 15) is 4.79 Å². The standard InChI is InChI=1S/C24H17ClN4O2/c25-20-13-11-17(12-14-20)21-22(18-7-3-1-4-8-18)28-31-24(21,29-16-26-15-27-29)23(30)19-9-5-2-6-10-19/h1-16,21H. The first kappa shape index (κ1) is 19.2. The molecular formula is C24H17ClN4O2. The van der Waals surface area contributed by atoms with Gasteiger partial charge in [-0.2, -0.15) is 5.10 Å². The van der Waals surface area contributed by atoms with E-state index in [1.807, 2.05) is 60.7 Å². The second-order valence-corrected chi connectivity index (χ2v) is 7.59. The first-order valence-corrected chi connectivity index (χ1v) is 10.1. The number of rotatable bonds is 5. The maximum Gasteiger partial charge on any atom is 0.305 e. The maximum atomic E-state index is 14.0. The molecule has 152 valence electrons.